The topological polar surface area (TPSA) is 73.0 Å². The first-order valence-electron chi connectivity index (χ1n) is 8.86. The Balaban J connectivity index is 1.83. The molecule has 0 spiro atoms. The normalized spacial score (nSPS) is 16.8. The van der Waals surface area contributed by atoms with E-state index in [0.717, 1.165) is 26.2 Å². The van der Waals surface area contributed by atoms with Gasteiger partial charge in [0.25, 0.3) is 0 Å². The third kappa shape index (κ3) is 5.37. The first kappa shape index (κ1) is 20.1. The molecular weight excluding hydrogens is 332 g/mol. The number of hydrogen-bond donors (Lipinski definition) is 1. The molecule has 7 nitrogen and oxygen atoms in total. The molecule has 1 aliphatic rings. The third-order valence-corrected chi connectivity index (χ3v) is 4.75. The predicted octanol–water partition coefficient (Wildman–Crippen LogP) is 0.922. The lowest BCUT2D eigenvalue weighted by atomic mass is 10.1. The van der Waals surface area contributed by atoms with E-state index in [-0.39, 0.29) is 23.6 Å². The van der Waals surface area contributed by atoms with Crippen LogP contribution in [0.5, 0.6) is 0 Å². The number of rotatable bonds is 6. The monoisotopic (exact) mass is 360 g/mol. The van der Waals surface area contributed by atoms with Crippen LogP contribution in [0.1, 0.15) is 24.2 Å². The van der Waals surface area contributed by atoms with Crippen LogP contribution in [0.4, 0.5) is 5.69 Å². The summed E-state index contributed by atoms with van der Waals surface area (Å²) in [4.78, 5) is 41.4. The van der Waals surface area contributed by atoms with E-state index < -0.39 is 0 Å². The molecule has 7 heteroatoms. The maximum atomic E-state index is 12.5. The molecule has 1 fully saturated rings. The van der Waals surface area contributed by atoms with Crippen LogP contribution in [0.3, 0.4) is 0 Å². The Morgan fingerprint density at radius 3 is 2.15 bits per heavy atom. The van der Waals surface area contributed by atoms with Gasteiger partial charge in [-0.25, -0.2) is 0 Å². The Morgan fingerprint density at radius 2 is 1.65 bits per heavy atom. The maximum Gasteiger partial charge on any atom is 0.241 e. The number of ketones is 1. The smallest absolute Gasteiger partial charge is 0.241 e. The number of nitrogens with zero attached hydrogens (tertiary/aromatic N) is 3. The lowest BCUT2D eigenvalue weighted by molar-refractivity contribution is -0.131. The van der Waals surface area contributed by atoms with Crippen molar-refractivity contribution in [3.05, 3.63) is 29.8 Å². The highest BCUT2D eigenvalue weighted by Gasteiger charge is 2.26. The number of piperazine rings is 1. The van der Waals surface area contributed by atoms with E-state index in [4.69, 9.17) is 0 Å². The summed E-state index contributed by atoms with van der Waals surface area (Å²) in [5.41, 5.74) is 1.31. The van der Waals surface area contributed by atoms with E-state index in [9.17, 15) is 14.4 Å². The lowest BCUT2D eigenvalue weighted by Crippen LogP contribution is -2.54. The van der Waals surface area contributed by atoms with E-state index in [2.05, 4.69) is 15.1 Å². The van der Waals surface area contributed by atoms with E-state index >= 15 is 0 Å². The van der Waals surface area contributed by atoms with Gasteiger partial charge in [0, 0.05) is 51.5 Å². The molecule has 2 rings (SSSR count). The van der Waals surface area contributed by atoms with Gasteiger partial charge in [-0.2, -0.15) is 0 Å². The standard InChI is InChI=1S/C19H28N4O3/c1-14(19(26)20-17-7-5-16(6-8-17)15(2)24)23-11-9-22(10-12-23)13-18(25)21(3)4/h5-8,14H,9-13H2,1-4H3,(H,20,26)/t14-/m0/s1. The molecule has 1 saturated heterocycles. The molecule has 1 heterocycles. The van der Waals surface area contributed by atoms with Crippen molar-refractivity contribution >= 4 is 23.3 Å². The van der Waals surface area contributed by atoms with Crippen molar-refractivity contribution in [2.75, 3.05) is 52.1 Å². The van der Waals surface area contributed by atoms with E-state index in [1.807, 2.05) is 6.92 Å². The average Bonchev–Trinajstić information content (AvgIpc) is 2.62. The molecule has 0 aromatic heterocycles. The molecule has 0 bridgehead atoms. The van der Waals surface area contributed by atoms with Crippen LogP contribution in [0.15, 0.2) is 24.3 Å². The highest BCUT2D eigenvalue weighted by Crippen LogP contribution is 2.13. The number of likely N-dealkylation sites (N-methyl/N-ethyl adjacent to an activating group) is 1. The summed E-state index contributed by atoms with van der Waals surface area (Å²) in [6.07, 6.45) is 0. The predicted molar refractivity (Wildman–Crippen MR) is 101 cm³/mol. The van der Waals surface area contributed by atoms with Gasteiger partial charge < -0.3 is 10.2 Å². The van der Waals surface area contributed by atoms with Gasteiger partial charge in [-0.15, -0.1) is 0 Å². The average molecular weight is 360 g/mol. The first-order valence-corrected chi connectivity index (χ1v) is 8.86. The van der Waals surface area contributed by atoms with E-state index in [1.54, 1.807) is 43.3 Å². The number of benzene rings is 1. The van der Waals surface area contributed by atoms with Gasteiger partial charge in [-0.05, 0) is 38.1 Å². The zero-order chi connectivity index (χ0) is 19.3. The molecule has 0 unspecified atom stereocenters. The van der Waals surface area contributed by atoms with Gasteiger partial charge in [0.05, 0.1) is 12.6 Å². The van der Waals surface area contributed by atoms with Crippen LogP contribution in [0, 0.1) is 0 Å². The third-order valence-electron chi connectivity index (χ3n) is 4.75. The fraction of sp³-hybridized carbons (Fsp3) is 0.526. The molecular formula is C19H28N4O3. The second-order valence-corrected chi connectivity index (χ2v) is 6.90. The van der Waals surface area contributed by atoms with Crippen LogP contribution in [0.2, 0.25) is 0 Å². The Bertz CT molecular complexity index is 649. The summed E-state index contributed by atoms with van der Waals surface area (Å²) in [7, 11) is 3.52. The molecule has 0 aliphatic carbocycles. The quantitative estimate of drug-likeness (QED) is 0.764. The van der Waals surface area contributed by atoms with Crippen molar-refractivity contribution in [2.45, 2.75) is 19.9 Å². The molecule has 1 aromatic rings. The number of carbonyl (C=O) groups excluding carboxylic acids is 3. The Hall–Kier alpha value is -2.25. The lowest BCUT2D eigenvalue weighted by Gasteiger charge is -2.37. The van der Waals surface area contributed by atoms with Crippen LogP contribution < -0.4 is 5.32 Å². The summed E-state index contributed by atoms with van der Waals surface area (Å²) in [6, 6.07) is 6.65. The molecule has 1 aromatic carbocycles. The molecule has 0 saturated carbocycles. The molecule has 142 valence electrons. The van der Waals surface area contributed by atoms with Crippen LogP contribution >= 0.6 is 0 Å². The van der Waals surface area contributed by atoms with Crippen molar-refractivity contribution in [2.24, 2.45) is 0 Å². The number of carbonyl (C=O) groups is 3. The summed E-state index contributed by atoms with van der Waals surface area (Å²) in [5, 5.41) is 2.90. The zero-order valence-corrected chi connectivity index (χ0v) is 16.0. The van der Waals surface area contributed by atoms with Gasteiger partial charge >= 0.3 is 0 Å². The summed E-state index contributed by atoms with van der Waals surface area (Å²) in [5.74, 6) is 0.0264. The Labute approximate surface area is 154 Å². The largest absolute Gasteiger partial charge is 0.348 e. The summed E-state index contributed by atoms with van der Waals surface area (Å²) < 4.78 is 0. The molecule has 26 heavy (non-hydrogen) atoms. The number of nitrogens with one attached hydrogen (secondary N) is 1. The number of hydrogen-bond acceptors (Lipinski definition) is 5. The second kappa shape index (κ2) is 8.91. The minimum atomic E-state index is -0.255. The SMILES string of the molecule is CC(=O)c1ccc(NC(=O)[C@H](C)N2CCN(CC(=O)N(C)C)CC2)cc1. The van der Waals surface area contributed by atoms with Crippen LogP contribution in [-0.4, -0.2) is 85.2 Å². The molecule has 1 atom stereocenters. The van der Waals surface area contributed by atoms with Gasteiger partial charge in [0.15, 0.2) is 5.78 Å². The second-order valence-electron chi connectivity index (χ2n) is 6.90. The van der Waals surface area contributed by atoms with Crippen molar-refractivity contribution in [3.63, 3.8) is 0 Å². The maximum absolute atomic E-state index is 12.5. The minimum absolute atomic E-state index is 0.00173. The van der Waals surface area contributed by atoms with Crippen molar-refractivity contribution in [1.29, 1.82) is 0 Å². The van der Waals surface area contributed by atoms with Crippen molar-refractivity contribution in [1.82, 2.24) is 14.7 Å². The number of Topliss-reactive ketones (excluding diaryl/α,β-unsaturated/α-hetero) is 1. The molecule has 2 amide bonds. The van der Waals surface area contributed by atoms with Gasteiger partial charge in [0.2, 0.25) is 11.8 Å². The first-order chi connectivity index (χ1) is 12.3. The Kier molecular flexibility index (Phi) is 6.88. The molecule has 1 aliphatic heterocycles. The van der Waals surface area contributed by atoms with Gasteiger partial charge in [-0.1, -0.05) is 0 Å². The fourth-order valence-electron chi connectivity index (χ4n) is 2.84. The van der Waals surface area contributed by atoms with Gasteiger partial charge in [0.1, 0.15) is 0 Å². The van der Waals surface area contributed by atoms with E-state index in [0.29, 0.717) is 17.8 Å². The van der Waals surface area contributed by atoms with Gasteiger partial charge in [-0.3, -0.25) is 24.2 Å². The number of amides is 2. The fourth-order valence-corrected chi connectivity index (χ4v) is 2.84. The van der Waals surface area contributed by atoms with E-state index in [1.165, 1.54) is 6.92 Å². The number of anilines is 1. The van der Waals surface area contributed by atoms with Crippen molar-refractivity contribution in [3.8, 4) is 0 Å². The zero-order valence-electron chi connectivity index (χ0n) is 16.0. The summed E-state index contributed by atoms with van der Waals surface area (Å²) in [6.45, 7) is 6.86. The minimum Gasteiger partial charge on any atom is -0.348 e. The Morgan fingerprint density at radius 1 is 1.08 bits per heavy atom. The highest BCUT2D eigenvalue weighted by atomic mass is 16.2. The highest BCUT2D eigenvalue weighted by molar-refractivity contribution is 5.97. The van der Waals surface area contributed by atoms with Crippen LogP contribution in [0.25, 0.3) is 0 Å². The molecule has 1 N–H and O–H groups in total. The summed E-state index contributed by atoms with van der Waals surface area (Å²) >= 11 is 0. The van der Waals surface area contributed by atoms with Crippen molar-refractivity contribution < 1.29 is 14.4 Å². The molecule has 0 radical (unpaired) electrons. The van der Waals surface area contributed by atoms with Crippen LogP contribution in [-0.2, 0) is 9.59 Å².